The molecule has 0 radical (unpaired) electrons. The molecule has 0 aliphatic carbocycles. The second-order valence-corrected chi connectivity index (χ2v) is 6.10. The molecule has 1 aromatic carbocycles. The fourth-order valence-electron chi connectivity index (χ4n) is 2.18. The van der Waals surface area contributed by atoms with Gasteiger partial charge in [-0.05, 0) is 29.8 Å². The van der Waals surface area contributed by atoms with Crippen LogP contribution in [0.25, 0.3) is 10.7 Å². The van der Waals surface area contributed by atoms with Crippen molar-refractivity contribution < 1.29 is 14.3 Å². The molecule has 0 aliphatic heterocycles. The molecule has 2 heterocycles. The maximum absolute atomic E-state index is 12.1. The van der Waals surface area contributed by atoms with Crippen LogP contribution in [0.3, 0.4) is 0 Å². The minimum atomic E-state index is -0.372. The number of hydrogen-bond donors (Lipinski definition) is 2. The van der Waals surface area contributed by atoms with Crippen LogP contribution < -0.4 is 20.1 Å². The van der Waals surface area contributed by atoms with Gasteiger partial charge >= 0.3 is 6.03 Å². The molecular formula is C17H17N5O3S. The molecule has 0 saturated carbocycles. The van der Waals surface area contributed by atoms with Crippen molar-refractivity contribution in [2.24, 2.45) is 0 Å². The molecule has 2 N–H and O–H groups in total. The van der Waals surface area contributed by atoms with E-state index < -0.39 is 0 Å². The third-order valence-electron chi connectivity index (χ3n) is 3.43. The Hall–Kier alpha value is -3.20. The molecule has 2 amide bonds. The first-order chi connectivity index (χ1) is 12.7. The summed E-state index contributed by atoms with van der Waals surface area (Å²) in [5, 5.41) is 14.5. The lowest BCUT2D eigenvalue weighted by Crippen LogP contribution is -2.28. The molecule has 0 aliphatic rings. The van der Waals surface area contributed by atoms with Crippen molar-refractivity contribution in [1.29, 1.82) is 0 Å². The van der Waals surface area contributed by atoms with Gasteiger partial charge in [-0.15, -0.1) is 10.2 Å². The molecule has 0 saturated heterocycles. The SMILES string of the molecule is COc1ccc(CNC(=O)Nc2nnc(-c3ccccn3)s2)cc1OC. The smallest absolute Gasteiger partial charge is 0.321 e. The molecule has 134 valence electrons. The summed E-state index contributed by atoms with van der Waals surface area (Å²) in [5.74, 6) is 1.24. The summed E-state index contributed by atoms with van der Waals surface area (Å²) >= 11 is 1.25. The number of rotatable bonds is 6. The van der Waals surface area contributed by atoms with Crippen molar-refractivity contribution in [2.45, 2.75) is 6.54 Å². The van der Waals surface area contributed by atoms with Crippen LogP contribution in [0.15, 0.2) is 42.6 Å². The topological polar surface area (TPSA) is 98.3 Å². The van der Waals surface area contributed by atoms with Gasteiger partial charge in [0, 0.05) is 12.7 Å². The van der Waals surface area contributed by atoms with Gasteiger partial charge in [0.1, 0.15) is 5.69 Å². The second kappa shape index (κ2) is 8.26. The molecule has 0 spiro atoms. The molecule has 26 heavy (non-hydrogen) atoms. The van der Waals surface area contributed by atoms with Crippen molar-refractivity contribution >= 4 is 22.5 Å². The molecular weight excluding hydrogens is 354 g/mol. The Balaban J connectivity index is 1.57. The van der Waals surface area contributed by atoms with Gasteiger partial charge in [0.2, 0.25) is 5.13 Å². The number of hydrogen-bond acceptors (Lipinski definition) is 7. The van der Waals surface area contributed by atoms with E-state index in [1.165, 1.54) is 11.3 Å². The number of amides is 2. The number of pyridine rings is 1. The quantitative estimate of drug-likeness (QED) is 0.691. The number of urea groups is 1. The van der Waals surface area contributed by atoms with Crippen LogP contribution in [0, 0.1) is 0 Å². The summed E-state index contributed by atoms with van der Waals surface area (Å²) in [6, 6.07) is 10.6. The van der Waals surface area contributed by atoms with Crippen molar-refractivity contribution in [3.63, 3.8) is 0 Å². The van der Waals surface area contributed by atoms with E-state index in [2.05, 4.69) is 25.8 Å². The Kier molecular flexibility index (Phi) is 5.59. The van der Waals surface area contributed by atoms with Gasteiger partial charge in [-0.2, -0.15) is 0 Å². The summed E-state index contributed by atoms with van der Waals surface area (Å²) < 4.78 is 10.4. The van der Waals surface area contributed by atoms with Crippen molar-refractivity contribution in [2.75, 3.05) is 19.5 Å². The molecule has 0 bridgehead atoms. The van der Waals surface area contributed by atoms with E-state index in [0.717, 1.165) is 5.56 Å². The largest absolute Gasteiger partial charge is 0.493 e. The van der Waals surface area contributed by atoms with Gasteiger partial charge in [0.05, 0.1) is 14.2 Å². The van der Waals surface area contributed by atoms with Crippen LogP contribution in [0.4, 0.5) is 9.93 Å². The first-order valence-corrected chi connectivity index (χ1v) is 8.52. The number of carbonyl (C=O) groups excluding carboxylic acids is 1. The van der Waals surface area contributed by atoms with Crippen molar-refractivity contribution in [1.82, 2.24) is 20.5 Å². The first kappa shape index (κ1) is 17.6. The van der Waals surface area contributed by atoms with Gasteiger partial charge in [-0.25, -0.2) is 4.79 Å². The van der Waals surface area contributed by atoms with E-state index in [1.807, 2.05) is 30.3 Å². The van der Waals surface area contributed by atoms with E-state index >= 15 is 0 Å². The maximum Gasteiger partial charge on any atom is 0.321 e. The van der Waals surface area contributed by atoms with E-state index in [0.29, 0.717) is 33.9 Å². The zero-order chi connectivity index (χ0) is 18.4. The normalized spacial score (nSPS) is 10.2. The molecule has 0 unspecified atom stereocenters. The van der Waals surface area contributed by atoms with E-state index in [9.17, 15) is 4.79 Å². The third-order valence-corrected chi connectivity index (χ3v) is 4.29. The average molecular weight is 371 g/mol. The Morgan fingerprint density at radius 1 is 1.12 bits per heavy atom. The van der Waals surface area contributed by atoms with Crippen LogP contribution >= 0.6 is 11.3 Å². The molecule has 0 fully saturated rings. The molecule has 2 aromatic heterocycles. The Bertz CT molecular complexity index is 885. The Morgan fingerprint density at radius 2 is 1.96 bits per heavy atom. The monoisotopic (exact) mass is 371 g/mol. The summed E-state index contributed by atoms with van der Waals surface area (Å²) in [6.45, 7) is 0.331. The van der Waals surface area contributed by atoms with Crippen LogP contribution in [0.1, 0.15) is 5.56 Å². The van der Waals surface area contributed by atoms with E-state index in [1.54, 1.807) is 26.5 Å². The van der Waals surface area contributed by atoms with Gasteiger partial charge in [-0.3, -0.25) is 10.3 Å². The standard InChI is InChI=1S/C17H17N5O3S/c1-24-13-7-6-11(9-14(13)25-2)10-19-16(23)20-17-22-21-15(26-17)12-5-3-4-8-18-12/h3-9H,10H2,1-2H3,(H2,19,20,22,23). The predicted octanol–water partition coefficient (Wildman–Crippen LogP) is 2.94. The molecule has 3 aromatic rings. The van der Waals surface area contributed by atoms with Gasteiger partial charge in [-0.1, -0.05) is 23.5 Å². The Morgan fingerprint density at radius 3 is 2.69 bits per heavy atom. The fourth-order valence-corrected chi connectivity index (χ4v) is 2.90. The van der Waals surface area contributed by atoms with Crippen LogP contribution in [0.2, 0.25) is 0 Å². The van der Waals surface area contributed by atoms with Crippen LogP contribution in [0.5, 0.6) is 11.5 Å². The zero-order valence-electron chi connectivity index (χ0n) is 14.2. The number of nitrogens with zero attached hydrogens (tertiary/aromatic N) is 3. The van der Waals surface area contributed by atoms with E-state index in [4.69, 9.17) is 9.47 Å². The summed E-state index contributed by atoms with van der Waals surface area (Å²) in [5.41, 5.74) is 1.59. The molecule has 9 heteroatoms. The van der Waals surface area contributed by atoms with Gasteiger partial charge in [0.15, 0.2) is 16.5 Å². The number of carbonyl (C=O) groups is 1. The number of nitrogens with one attached hydrogen (secondary N) is 2. The van der Waals surface area contributed by atoms with E-state index in [-0.39, 0.29) is 6.03 Å². The summed E-state index contributed by atoms with van der Waals surface area (Å²) in [4.78, 5) is 16.3. The predicted molar refractivity (Wildman–Crippen MR) is 98.5 cm³/mol. The zero-order valence-corrected chi connectivity index (χ0v) is 15.0. The molecule has 0 atom stereocenters. The number of benzene rings is 1. The number of ether oxygens (including phenoxy) is 2. The van der Waals surface area contributed by atoms with Crippen molar-refractivity contribution in [3.8, 4) is 22.2 Å². The highest BCUT2D eigenvalue weighted by Crippen LogP contribution is 2.27. The second-order valence-electron chi connectivity index (χ2n) is 5.12. The van der Waals surface area contributed by atoms with Gasteiger partial charge in [0.25, 0.3) is 0 Å². The molecule has 3 rings (SSSR count). The Labute approximate surface area is 154 Å². The summed E-state index contributed by atoms with van der Waals surface area (Å²) in [6.07, 6.45) is 1.68. The summed E-state index contributed by atoms with van der Waals surface area (Å²) in [7, 11) is 3.14. The lowest BCUT2D eigenvalue weighted by atomic mass is 10.2. The van der Waals surface area contributed by atoms with Crippen LogP contribution in [-0.4, -0.2) is 35.4 Å². The fraction of sp³-hybridized carbons (Fsp3) is 0.176. The highest BCUT2D eigenvalue weighted by atomic mass is 32.1. The van der Waals surface area contributed by atoms with Crippen molar-refractivity contribution in [3.05, 3.63) is 48.2 Å². The minimum Gasteiger partial charge on any atom is -0.493 e. The molecule has 8 nitrogen and oxygen atoms in total. The highest BCUT2D eigenvalue weighted by Gasteiger charge is 2.11. The number of aromatic nitrogens is 3. The lowest BCUT2D eigenvalue weighted by molar-refractivity contribution is 0.251. The van der Waals surface area contributed by atoms with Crippen LogP contribution in [-0.2, 0) is 6.54 Å². The third kappa shape index (κ3) is 4.25. The maximum atomic E-state index is 12.1. The highest BCUT2D eigenvalue weighted by molar-refractivity contribution is 7.18. The minimum absolute atomic E-state index is 0.331. The lowest BCUT2D eigenvalue weighted by Gasteiger charge is -2.10. The number of methoxy groups -OCH3 is 2. The van der Waals surface area contributed by atoms with Gasteiger partial charge < -0.3 is 14.8 Å². The first-order valence-electron chi connectivity index (χ1n) is 7.70. The number of anilines is 1. The average Bonchev–Trinajstić information content (AvgIpc) is 3.15.